The first-order chi connectivity index (χ1) is 16.1. The van der Waals surface area contributed by atoms with Gasteiger partial charge in [-0.3, -0.25) is 4.79 Å². The second-order valence-electron chi connectivity index (χ2n) is 7.53. The number of nitrogens with zero attached hydrogens (tertiary/aromatic N) is 3. The molecule has 168 valence electrons. The van der Waals surface area contributed by atoms with Crippen LogP contribution in [0.5, 0.6) is 5.75 Å². The van der Waals surface area contributed by atoms with Gasteiger partial charge in [0.1, 0.15) is 5.75 Å². The molecular weight excluding hydrogens is 436 g/mol. The third-order valence-corrected chi connectivity index (χ3v) is 5.53. The van der Waals surface area contributed by atoms with Gasteiger partial charge in [-0.2, -0.15) is 5.10 Å². The summed E-state index contributed by atoms with van der Waals surface area (Å²) in [6, 6.07) is 22.7. The van der Waals surface area contributed by atoms with Crippen molar-refractivity contribution in [2.75, 3.05) is 13.7 Å². The van der Waals surface area contributed by atoms with Crippen LogP contribution in [0.15, 0.2) is 72.8 Å². The molecule has 6 nitrogen and oxygen atoms in total. The number of ether oxygens (including phenoxy) is 1. The van der Waals surface area contributed by atoms with E-state index in [4.69, 9.17) is 21.3 Å². The van der Waals surface area contributed by atoms with E-state index in [1.165, 1.54) is 0 Å². The van der Waals surface area contributed by atoms with Gasteiger partial charge in [-0.25, -0.2) is 9.67 Å². The van der Waals surface area contributed by atoms with E-state index < -0.39 is 0 Å². The lowest BCUT2D eigenvalue weighted by Crippen LogP contribution is -2.25. The zero-order valence-corrected chi connectivity index (χ0v) is 19.3. The van der Waals surface area contributed by atoms with Gasteiger partial charge in [0.05, 0.1) is 12.8 Å². The second kappa shape index (κ2) is 10.3. The number of nitrogens with one attached hydrogen (secondary N) is 1. The molecular formula is C26H25ClN4O2. The molecule has 1 amide bonds. The molecule has 0 bridgehead atoms. The highest BCUT2D eigenvalue weighted by Crippen LogP contribution is 2.24. The Morgan fingerprint density at radius 3 is 2.52 bits per heavy atom. The molecule has 7 heteroatoms. The fourth-order valence-corrected chi connectivity index (χ4v) is 3.59. The number of carbonyl (C=O) groups excluding carboxylic acids is 1. The third kappa shape index (κ3) is 5.41. The van der Waals surface area contributed by atoms with Crippen LogP contribution in [0.3, 0.4) is 0 Å². The van der Waals surface area contributed by atoms with E-state index in [1.54, 1.807) is 17.9 Å². The van der Waals surface area contributed by atoms with Crippen molar-refractivity contribution in [3.8, 4) is 22.8 Å². The fourth-order valence-electron chi connectivity index (χ4n) is 3.46. The van der Waals surface area contributed by atoms with Crippen LogP contribution in [0.2, 0.25) is 5.02 Å². The minimum atomic E-state index is -0.132. The first-order valence-electron chi connectivity index (χ1n) is 10.8. The molecule has 1 aromatic heterocycles. The summed E-state index contributed by atoms with van der Waals surface area (Å²) in [6.45, 7) is 2.55. The Morgan fingerprint density at radius 2 is 1.82 bits per heavy atom. The van der Waals surface area contributed by atoms with Crippen molar-refractivity contribution in [1.29, 1.82) is 0 Å². The molecule has 0 aliphatic heterocycles. The molecule has 0 atom stereocenters. The minimum absolute atomic E-state index is 0.132. The Hall–Kier alpha value is -3.64. The fraction of sp³-hybridized carbons (Fsp3) is 0.192. The number of halogens is 1. The quantitative estimate of drug-likeness (QED) is 0.395. The molecule has 0 aliphatic rings. The van der Waals surface area contributed by atoms with Crippen LogP contribution in [-0.2, 0) is 12.8 Å². The number of aromatic nitrogens is 3. The number of hydrogen-bond acceptors (Lipinski definition) is 4. The summed E-state index contributed by atoms with van der Waals surface area (Å²) < 4.78 is 7.04. The molecule has 0 radical (unpaired) electrons. The Bertz CT molecular complexity index is 1230. The molecule has 4 aromatic rings. The van der Waals surface area contributed by atoms with Crippen molar-refractivity contribution in [2.45, 2.75) is 19.8 Å². The highest BCUT2D eigenvalue weighted by atomic mass is 35.5. The van der Waals surface area contributed by atoms with Crippen molar-refractivity contribution in [3.63, 3.8) is 0 Å². The van der Waals surface area contributed by atoms with Crippen LogP contribution in [0, 0.1) is 0 Å². The van der Waals surface area contributed by atoms with Gasteiger partial charge >= 0.3 is 0 Å². The summed E-state index contributed by atoms with van der Waals surface area (Å²) in [5.74, 6) is 2.10. The maximum atomic E-state index is 12.8. The number of hydrogen-bond donors (Lipinski definition) is 1. The maximum absolute atomic E-state index is 12.8. The summed E-state index contributed by atoms with van der Waals surface area (Å²) in [7, 11) is 1.64. The number of aryl methyl sites for hydroxylation is 1. The maximum Gasteiger partial charge on any atom is 0.251 e. The van der Waals surface area contributed by atoms with Crippen LogP contribution < -0.4 is 10.1 Å². The van der Waals surface area contributed by atoms with Gasteiger partial charge in [0.15, 0.2) is 11.6 Å². The van der Waals surface area contributed by atoms with E-state index in [0.717, 1.165) is 40.6 Å². The smallest absolute Gasteiger partial charge is 0.251 e. The van der Waals surface area contributed by atoms with Crippen LogP contribution in [0.4, 0.5) is 0 Å². The number of carbonyl (C=O) groups is 1. The van der Waals surface area contributed by atoms with Crippen LogP contribution in [0.25, 0.3) is 17.1 Å². The van der Waals surface area contributed by atoms with Crippen LogP contribution in [-0.4, -0.2) is 34.3 Å². The van der Waals surface area contributed by atoms with E-state index in [9.17, 15) is 4.79 Å². The molecule has 3 aromatic carbocycles. The van der Waals surface area contributed by atoms with Crippen molar-refractivity contribution < 1.29 is 9.53 Å². The lowest BCUT2D eigenvalue weighted by Gasteiger charge is -2.10. The zero-order valence-electron chi connectivity index (χ0n) is 18.6. The molecule has 4 rings (SSSR count). The van der Waals surface area contributed by atoms with Gasteiger partial charge in [-0.05, 0) is 66.6 Å². The molecule has 0 spiro atoms. The molecule has 0 saturated heterocycles. The van der Waals surface area contributed by atoms with E-state index in [2.05, 4.69) is 10.4 Å². The van der Waals surface area contributed by atoms with E-state index in [1.807, 2.05) is 73.7 Å². The minimum Gasteiger partial charge on any atom is -0.497 e. The standard InChI is InChI=1S/C26H25ClN4O2/c1-3-24-29-25(19-9-13-23(33-2)14-10-19)31(30-24)22-6-4-5-20(17-22)26(32)28-16-15-18-7-11-21(27)12-8-18/h4-14,17H,3,15-16H2,1-2H3,(H,28,32). The Morgan fingerprint density at radius 1 is 1.06 bits per heavy atom. The molecule has 1 N–H and O–H groups in total. The Kier molecular flexibility index (Phi) is 7.05. The van der Waals surface area contributed by atoms with E-state index in [0.29, 0.717) is 23.6 Å². The highest BCUT2D eigenvalue weighted by molar-refractivity contribution is 6.30. The molecule has 0 aliphatic carbocycles. The summed E-state index contributed by atoms with van der Waals surface area (Å²) in [4.78, 5) is 17.5. The molecule has 0 saturated carbocycles. The number of amides is 1. The largest absolute Gasteiger partial charge is 0.497 e. The molecule has 0 unspecified atom stereocenters. The molecule has 0 fully saturated rings. The summed E-state index contributed by atoms with van der Waals surface area (Å²) in [5, 5.41) is 8.35. The van der Waals surface area contributed by atoms with E-state index >= 15 is 0 Å². The predicted molar refractivity (Wildman–Crippen MR) is 130 cm³/mol. The number of rotatable bonds is 8. The monoisotopic (exact) mass is 460 g/mol. The van der Waals surface area contributed by atoms with Gasteiger partial charge < -0.3 is 10.1 Å². The van der Waals surface area contributed by atoms with Crippen molar-refractivity contribution in [1.82, 2.24) is 20.1 Å². The lowest BCUT2D eigenvalue weighted by atomic mass is 10.1. The van der Waals surface area contributed by atoms with Gasteiger partial charge in [0.2, 0.25) is 0 Å². The Labute approximate surface area is 198 Å². The molecule has 1 heterocycles. The molecule has 33 heavy (non-hydrogen) atoms. The summed E-state index contributed by atoms with van der Waals surface area (Å²) >= 11 is 5.93. The summed E-state index contributed by atoms with van der Waals surface area (Å²) in [6.07, 6.45) is 1.44. The first kappa shape index (κ1) is 22.6. The normalized spacial score (nSPS) is 10.8. The van der Waals surface area contributed by atoms with Gasteiger partial charge in [0, 0.05) is 29.1 Å². The zero-order chi connectivity index (χ0) is 23.2. The number of benzene rings is 3. The average Bonchev–Trinajstić information content (AvgIpc) is 3.30. The topological polar surface area (TPSA) is 69.0 Å². The van der Waals surface area contributed by atoms with Gasteiger partial charge in [-0.15, -0.1) is 0 Å². The SMILES string of the molecule is CCc1nc(-c2ccc(OC)cc2)n(-c2cccc(C(=O)NCCc3ccc(Cl)cc3)c2)n1. The van der Waals surface area contributed by atoms with Crippen LogP contribution >= 0.6 is 11.6 Å². The van der Waals surface area contributed by atoms with Crippen LogP contribution in [0.1, 0.15) is 28.7 Å². The predicted octanol–water partition coefficient (Wildman–Crippen LogP) is 5.13. The van der Waals surface area contributed by atoms with E-state index in [-0.39, 0.29) is 5.91 Å². The van der Waals surface area contributed by atoms with Crippen molar-refractivity contribution in [3.05, 3.63) is 94.8 Å². The third-order valence-electron chi connectivity index (χ3n) is 5.28. The number of methoxy groups -OCH3 is 1. The van der Waals surface area contributed by atoms with Gasteiger partial charge in [0.25, 0.3) is 5.91 Å². The second-order valence-corrected chi connectivity index (χ2v) is 7.96. The Balaban J connectivity index is 1.53. The average molecular weight is 461 g/mol. The van der Waals surface area contributed by atoms with Gasteiger partial charge in [-0.1, -0.05) is 36.7 Å². The van der Waals surface area contributed by atoms with Crippen molar-refractivity contribution >= 4 is 17.5 Å². The lowest BCUT2D eigenvalue weighted by molar-refractivity contribution is 0.0954. The van der Waals surface area contributed by atoms with Crippen molar-refractivity contribution in [2.24, 2.45) is 0 Å². The first-order valence-corrected chi connectivity index (χ1v) is 11.2. The highest BCUT2D eigenvalue weighted by Gasteiger charge is 2.15. The summed E-state index contributed by atoms with van der Waals surface area (Å²) in [5.41, 5.74) is 3.38.